The number of furan rings is 1. The van der Waals surface area contributed by atoms with Crippen molar-refractivity contribution >= 4 is 43.5 Å². The number of benzene rings is 8. The first-order chi connectivity index (χ1) is 25.3. The van der Waals surface area contributed by atoms with E-state index in [-0.39, 0.29) is 0 Å². The molecule has 0 radical (unpaired) electrons. The van der Waals surface area contributed by atoms with E-state index in [0.29, 0.717) is 17.5 Å². The van der Waals surface area contributed by atoms with Gasteiger partial charge < -0.3 is 4.42 Å². The Morgan fingerprint density at radius 2 is 0.863 bits per heavy atom. The lowest BCUT2D eigenvalue weighted by Gasteiger charge is -2.11. The van der Waals surface area contributed by atoms with Gasteiger partial charge in [0.25, 0.3) is 0 Å². The molecule has 0 spiro atoms. The Morgan fingerprint density at radius 3 is 1.61 bits per heavy atom. The van der Waals surface area contributed by atoms with Crippen molar-refractivity contribution in [2.75, 3.05) is 0 Å². The lowest BCUT2D eigenvalue weighted by Crippen LogP contribution is -2.00. The normalized spacial score (nSPS) is 11.5. The first-order valence-corrected chi connectivity index (χ1v) is 17.1. The van der Waals surface area contributed by atoms with Crippen LogP contribution in [0.2, 0.25) is 0 Å². The number of fused-ring (bicyclic) bond motifs is 5. The van der Waals surface area contributed by atoms with Gasteiger partial charge in [-0.05, 0) is 62.5 Å². The molecule has 4 heteroatoms. The van der Waals surface area contributed by atoms with Gasteiger partial charge in [0.2, 0.25) is 0 Å². The van der Waals surface area contributed by atoms with Crippen LogP contribution in [0, 0.1) is 0 Å². The second-order valence-corrected chi connectivity index (χ2v) is 12.8. The molecule has 0 atom stereocenters. The quantitative estimate of drug-likeness (QED) is 0.186. The van der Waals surface area contributed by atoms with Crippen LogP contribution >= 0.6 is 0 Å². The zero-order valence-electron chi connectivity index (χ0n) is 27.5. The zero-order chi connectivity index (χ0) is 33.7. The van der Waals surface area contributed by atoms with E-state index in [1.54, 1.807) is 0 Å². The van der Waals surface area contributed by atoms with Crippen LogP contribution in [-0.4, -0.2) is 15.0 Å². The molecule has 2 heterocycles. The van der Waals surface area contributed by atoms with Crippen molar-refractivity contribution in [2.45, 2.75) is 0 Å². The van der Waals surface area contributed by atoms with Gasteiger partial charge in [-0.2, -0.15) is 0 Å². The number of aromatic nitrogens is 3. The molecule has 2 aromatic heterocycles. The van der Waals surface area contributed by atoms with Crippen molar-refractivity contribution in [1.29, 1.82) is 0 Å². The number of hydrogen-bond acceptors (Lipinski definition) is 4. The Hall–Kier alpha value is -6.91. The molecule has 10 aromatic rings. The predicted octanol–water partition coefficient (Wildman–Crippen LogP) is 12.4. The Balaban J connectivity index is 1.19. The minimum atomic E-state index is 0.595. The summed E-state index contributed by atoms with van der Waals surface area (Å²) in [7, 11) is 0. The maximum Gasteiger partial charge on any atom is 0.164 e. The molecule has 0 saturated carbocycles. The van der Waals surface area contributed by atoms with Gasteiger partial charge in [-0.15, -0.1) is 0 Å². The van der Waals surface area contributed by atoms with E-state index in [0.717, 1.165) is 66.1 Å². The van der Waals surface area contributed by atoms with Gasteiger partial charge in [0.15, 0.2) is 17.5 Å². The number of rotatable bonds is 5. The summed E-state index contributed by atoms with van der Waals surface area (Å²) in [6.07, 6.45) is 0. The van der Waals surface area contributed by atoms with Crippen molar-refractivity contribution < 1.29 is 4.42 Å². The van der Waals surface area contributed by atoms with Crippen LogP contribution in [0.25, 0.3) is 99.9 Å². The number of hydrogen-bond donors (Lipinski definition) is 0. The lowest BCUT2D eigenvalue weighted by molar-refractivity contribution is 0.670. The highest BCUT2D eigenvalue weighted by Gasteiger charge is 2.21. The SMILES string of the molecule is c1ccc(-c2nc(-c3ccc(-c4cccc5ccccc45)cc3)nc(-c3ccc(-c4ccccc4)c4oc5cc6ccccc6cc5c34)n2)cc1. The largest absolute Gasteiger partial charge is 0.455 e. The Morgan fingerprint density at radius 1 is 0.333 bits per heavy atom. The highest BCUT2D eigenvalue weighted by molar-refractivity contribution is 6.18. The molecule has 0 aliphatic rings. The standard InChI is InChI=1S/C47H29N3O/c1-3-12-31(13-4-1)39-26-27-40(43-41-28-35-17-7-8-18-36(35)29-42(41)51-44(39)43)47-49-45(33-15-5-2-6-16-33)48-46(50-47)34-24-22-32(23-25-34)38-21-11-19-30-14-9-10-20-37(30)38/h1-29H. The van der Waals surface area contributed by atoms with Crippen LogP contribution in [0.5, 0.6) is 0 Å². The van der Waals surface area contributed by atoms with Crippen LogP contribution in [0.3, 0.4) is 0 Å². The average Bonchev–Trinajstić information content (AvgIpc) is 3.58. The molecule has 0 bridgehead atoms. The van der Waals surface area contributed by atoms with Crippen LogP contribution in [0.15, 0.2) is 180 Å². The fraction of sp³-hybridized carbons (Fsp3) is 0. The summed E-state index contributed by atoms with van der Waals surface area (Å²) in [5, 5.41) is 6.74. The van der Waals surface area contributed by atoms with Gasteiger partial charge in [0, 0.05) is 33.0 Å². The van der Waals surface area contributed by atoms with Gasteiger partial charge in [-0.25, -0.2) is 15.0 Å². The van der Waals surface area contributed by atoms with Gasteiger partial charge in [-0.1, -0.05) is 152 Å². The summed E-state index contributed by atoms with van der Waals surface area (Å²) in [6.45, 7) is 0. The maximum atomic E-state index is 6.75. The van der Waals surface area contributed by atoms with Gasteiger partial charge in [-0.3, -0.25) is 0 Å². The smallest absolute Gasteiger partial charge is 0.164 e. The molecule has 10 rings (SSSR count). The Labute approximate surface area is 294 Å². The van der Waals surface area contributed by atoms with Crippen molar-refractivity contribution in [3.8, 4) is 56.4 Å². The van der Waals surface area contributed by atoms with E-state index in [1.165, 1.54) is 16.3 Å². The molecule has 0 unspecified atom stereocenters. The zero-order valence-corrected chi connectivity index (χ0v) is 27.5. The lowest BCUT2D eigenvalue weighted by atomic mass is 9.97. The van der Waals surface area contributed by atoms with E-state index in [2.05, 4.69) is 140 Å². The van der Waals surface area contributed by atoms with Gasteiger partial charge in [0.05, 0.1) is 0 Å². The molecule has 8 aromatic carbocycles. The first-order valence-electron chi connectivity index (χ1n) is 17.1. The first kappa shape index (κ1) is 29.0. The summed E-state index contributed by atoms with van der Waals surface area (Å²) >= 11 is 0. The Bertz CT molecular complexity index is 2890. The van der Waals surface area contributed by atoms with Gasteiger partial charge >= 0.3 is 0 Å². The molecule has 51 heavy (non-hydrogen) atoms. The molecular weight excluding hydrogens is 623 g/mol. The number of nitrogens with zero attached hydrogens (tertiary/aromatic N) is 3. The van der Waals surface area contributed by atoms with E-state index in [4.69, 9.17) is 19.4 Å². The molecule has 0 fully saturated rings. The molecule has 4 nitrogen and oxygen atoms in total. The minimum absolute atomic E-state index is 0.595. The Kier molecular flexibility index (Phi) is 6.78. The maximum absolute atomic E-state index is 6.75. The second kappa shape index (κ2) is 11.9. The van der Waals surface area contributed by atoms with Crippen molar-refractivity contribution in [3.63, 3.8) is 0 Å². The van der Waals surface area contributed by atoms with Crippen LogP contribution in [0.1, 0.15) is 0 Å². The molecule has 238 valence electrons. The molecular formula is C47H29N3O. The molecule has 0 saturated heterocycles. The van der Waals surface area contributed by atoms with Crippen LogP contribution < -0.4 is 0 Å². The van der Waals surface area contributed by atoms with E-state index in [9.17, 15) is 0 Å². The van der Waals surface area contributed by atoms with E-state index >= 15 is 0 Å². The fourth-order valence-electron chi connectivity index (χ4n) is 7.21. The highest BCUT2D eigenvalue weighted by atomic mass is 16.3. The third-order valence-corrected chi connectivity index (χ3v) is 9.72. The third kappa shape index (κ3) is 5.04. The monoisotopic (exact) mass is 651 g/mol. The highest BCUT2D eigenvalue weighted by Crippen LogP contribution is 2.43. The predicted molar refractivity (Wildman–Crippen MR) is 209 cm³/mol. The van der Waals surface area contributed by atoms with Crippen molar-refractivity contribution in [1.82, 2.24) is 15.0 Å². The average molecular weight is 652 g/mol. The molecule has 0 N–H and O–H groups in total. The van der Waals surface area contributed by atoms with Crippen LogP contribution in [0.4, 0.5) is 0 Å². The second-order valence-electron chi connectivity index (χ2n) is 12.8. The summed E-state index contributed by atoms with van der Waals surface area (Å²) in [6, 6.07) is 61.0. The summed E-state index contributed by atoms with van der Waals surface area (Å²) in [5.74, 6) is 1.83. The van der Waals surface area contributed by atoms with Gasteiger partial charge in [0.1, 0.15) is 11.2 Å². The summed E-state index contributed by atoms with van der Waals surface area (Å²) in [4.78, 5) is 15.4. The molecule has 0 aliphatic heterocycles. The third-order valence-electron chi connectivity index (χ3n) is 9.72. The minimum Gasteiger partial charge on any atom is -0.455 e. The topological polar surface area (TPSA) is 51.8 Å². The summed E-state index contributed by atoms with van der Waals surface area (Å²) in [5.41, 5.74) is 8.83. The van der Waals surface area contributed by atoms with E-state index in [1.807, 2.05) is 36.4 Å². The van der Waals surface area contributed by atoms with Crippen molar-refractivity contribution in [2.24, 2.45) is 0 Å². The van der Waals surface area contributed by atoms with E-state index < -0.39 is 0 Å². The summed E-state index contributed by atoms with van der Waals surface area (Å²) < 4.78 is 6.75. The van der Waals surface area contributed by atoms with Crippen molar-refractivity contribution in [3.05, 3.63) is 176 Å². The molecule has 0 amide bonds. The molecule has 0 aliphatic carbocycles. The van der Waals surface area contributed by atoms with Crippen LogP contribution in [-0.2, 0) is 0 Å². The fourth-order valence-corrected chi connectivity index (χ4v) is 7.21.